The first-order valence-corrected chi connectivity index (χ1v) is 9.71. The molecule has 0 radical (unpaired) electrons. The van der Waals surface area contributed by atoms with Crippen molar-refractivity contribution in [3.63, 3.8) is 0 Å². The van der Waals surface area contributed by atoms with Crippen LogP contribution in [0.3, 0.4) is 0 Å². The van der Waals surface area contributed by atoms with Crippen LogP contribution in [0.4, 0.5) is 15.9 Å². The monoisotopic (exact) mass is 384 g/mol. The highest BCUT2D eigenvalue weighted by atomic mass is 19.1. The Morgan fingerprint density at radius 1 is 1.25 bits per heavy atom. The average molecular weight is 384 g/mol. The van der Waals surface area contributed by atoms with Crippen molar-refractivity contribution in [1.29, 1.82) is 0 Å². The van der Waals surface area contributed by atoms with Crippen molar-refractivity contribution in [3.05, 3.63) is 47.7 Å². The third-order valence-electron chi connectivity index (χ3n) is 5.71. The molecule has 1 fully saturated rings. The molecule has 1 saturated carbocycles. The number of benzene rings is 1. The fourth-order valence-corrected chi connectivity index (χ4v) is 3.82. The average Bonchev–Trinajstić information content (AvgIpc) is 2.66. The fourth-order valence-electron chi connectivity index (χ4n) is 3.82. The number of ether oxygens (including phenoxy) is 1. The Morgan fingerprint density at radius 2 is 2.00 bits per heavy atom. The van der Waals surface area contributed by atoms with Crippen molar-refractivity contribution >= 4 is 17.4 Å². The lowest BCUT2D eigenvalue weighted by molar-refractivity contribution is -0.117. The minimum atomic E-state index is -0.235. The van der Waals surface area contributed by atoms with E-state index < -0.39 is 0 Å². The molecule has 1 amide bonds. The predicted molar refractivity (Wildman–Crippen MR) is 105 cm³/mol. The molecular weight excluding hydrogens is 359 g/mol. The summed E-state index contributed by atoms with van der Waals surface area (Å²) in [6, 6.07) is 6.20. The van der Waals surface area contributed by atoms with Crippen LogP contribution in [0, 0.1) is 17.7 Å². The van der Waals surface area contributed by atoms with Crippen LogP contribution in [-0.4, -0.2) is 35.6 Å². The van der Waals surface area contributed by atoms with Crippen molar-refractivity contribution in [2.75, 3.05) is 23.9 Å². The van der Waals surface area contributed by atoms with Gasteiger partial charge in [0.25, 0.3) is 0 Å². The van der Waals surface area contributed by atoms with E-state index in [4.69, 9.17) is 4.74 Å². The molecule has 2 heterocycles. The molecule has 1 N–H and O–H groups in total. The molecule has 1 aliphatic carbocycles. The molecule has 4 rings (SSSR count). The van der Waals surface area contributed by atoms with Crippen LogP contribution in [0.1, 0.15) is 31.2 Å². The van der Waals surface area contributed by atoms with Crippen LogP contribution in [0.2, 0.25) is 0 Å². The number of fused-ring (bicyclic) bond motifs is 1. The highest BCUT2D eigenvalue weighted by molar-refractivity contribution is 6.02. The van der Waals surface area contributed by atoms with Gasteiger partial charge in [0.15, 0.2) is 5.82 Å². The number of aromatic nitrogens is 2. The number of nitrogens with one attached hydrogen (secondary N) is 1. The van der Waals surface area contributed by atoms with Crippen LogP contribution in [-0.2, 0) is 22.6 Å². The van der Waals surface area contributed by atoms with Crippen molar-refractivity contribution in [1.82, 2.24) is 9.97 Å². The van der Waals surface area contributed by atoms with E-state index in [0.717, 1.165) is 43.1 Å². The van der Waals surface area contributed by atoms with Crippen molar-refractivity contribution in [2.24, 2.45) is 11.8 Å². The van der Waals surface area contributed by atoms with Crippen molar-refractivity contribution in [2.45, 2.75) is 38.8 Å². The van der Waals surface area contributed by atoms with E-state index in [0.29, 0.717) is 24.1 Å². The molecule has 1 atom stereocenters. The summed E-state index contributed by atoms with van der Waals surface area (Å²) in [7, 11) is 1.89. The molecule has 0 saturated heterocycles. The first-order valence-electron chi connectivity index (χ1n) is 9.71. The second kappa shape index (κ2) is 7.83. The van der Waals surface area contributed by atoms with E-state index in [1.165, 1.54) is 12.1 Å². The standard InChI is InChI=1S/C21H25FN4O2/c1-13-21(27)24-18-10-23-19(25-20(18)26(13)2)9-15-7-16(8-15)12-28-11-14-3-5-17(22)6-4-14/h3-6,10,13,15-16H,7-9,11-12H2,1-2H3,(H,24,27)/t13-,15?,16?/m0/s1. The quantitative estimate of drug-likeness (QED) is 0.829. The van der Waals surface area contributed by atoms with Gasteiger partial charge in [0.05, 0.1) is 12.8 Å². The Kier molecular flexibility index (Phi) is 5.26. The third kappa shape index (κ3) is 3.99. The van der Waals surface area contributed by atoms with Gasteiger partial charge in [0.2, 0.25) is 5.91 Å². The number of hydrogen-bond donors (Lipinski definition) is 1. The van der Waals surface area contributed by atoms with Gasteiger partial charge in [-0.2, -0.15) is 0 Å². The highest BCUT2D eigenvalue weighted by Gasteiger charge is 2.32. The molecule has 2 aliphatic rings. The number of rotatable bonds is 6. The lowest BCUT2D eigenvalue weighted by Crippen LogP contribution is -2.44. The van der Waals surface area contributed by atoms with Crippen LogP contribution < -0.4 is 10.2 Å². The zero-order valence-electron chi connectivity index (χ0n) is 16.2. The van der Waals surface area contributed by atoms with Crippen molar-refractivity contribution < 1.29 is 13.9 Å². The molecule has 1 aromatic heterocycles. The van der Waals surface area contributed by atoms with Crippen LogP contribution in [0.25, 0.3) is 0 Å². The zero-order chi connectivity index (χ0) is 19.7. The summed E-state index contributed by atoms with van der Waals surface area (Å²) in [5, 5.41) is 2.85. The summed E-state index contributed by atoms with van der Waals surface area (Å²) < 4.78 is 18.7. The largest absolute Gasteiger partial charge is 0.376 e. The maximum atomic E-state index is 12.9. The molecule has 0 unspecified atom stereocenters. The van der Waals surface area contributed by atoms with E-state index >= 15 is 0 Å². The second-order valence-corrected chi connectivity index (χ2v) is 7.85. The Balaban J connectivity index is 1.24. The molecule has 6 nitrogen and oxygen atoms in total. The predicted octanol–water partition coefficient (Wildman–Crippen LogP) is 3.18. The van der Waals surface area contributed by atoms with Gasteiger partial charge in [0.1, 0.15) is 23.4 Å². The van der Waals surface area contributed by atoms with Crippen LogP contribution in [0.15, 0.2) is 30.5 Å². The number of hydrogen-bond acceptors (Lipinski definition) is 5. The number of carbonyl (C=O) groups excluding carboxylic acids is 1. The number of amides is 1. The number of nitrogens with zero attached hydrogens (tertiary/aromatic N) is 3. The van der Waals surface area contributed by atoms with Gasteiger partial charge in [-0.25, -0.2) is 14.4 Å². The molecule has 7 heteroatoms. The molecule has 0 bridgehead atoms. The van der Waals surface area contributed by atoms with Gasteiger partial charge < -0.3 is 15.0 Å². The minimum absolute atomic E-state index is 0.0335. The summed E-state index contributed by atoms with van der Waals surface area (Å²) in [5.74, 6) is 2.48. The summed E-state index contributed by atoms with van der Waals surface area (Å²) in [5.41, 5.74) is 1.67. The van der Waals surface area contributed by atoms with E-state index in [-0.39, 0.29) is 17.8 Å². The van der Waals surface area contributed by atoms with E-state index in [1.807, 2.05) is 18.9 Å². The van der Waals surface area contributed by atoms with Gasteiger partial charge in [-0.3, -0.25) is 4.79 Å². The summed E-state index contributed by atoms with van der Waals surface area (Å²) in [6.45, 7) is 3.11. The molecule has 2 aromatic rings. The smallest absolute Gasteiger partial charge is 0.246 e. The summed E-state index contributed by atoms with van der Waals surface area (Å²) >= 11 is 0. The number of likely N-dealkylation sites (N-methyl/N-ethyl adjacent to an activating group) is 1. The summed E-state index contributed by atoms with van der Waals surface area (Å²) in [6.07, 6.45) is 4.76. The molecule has 0 spiro atoms. The Labute approximate surface area is 164 Å². The topological polar surface area (TPSA) is 67.3 Å². The van der Waals surface area contributed by atoms with E-state index in [1.54, 1.807) is 18.3 Å². The zero-order valence-corrected chi connectivity index (χ0v) is 16.2. The molecule has 148 valence electrons. The lowest BCUT2D eigenvalue weighted by atomic mass is 9.73. The third-order valence-corrected chi connectivity index (χ3v) is 5.71. The first kappa shape index (κ1) is 18.8. The molecular formula is C21H25FN4O2. The molecule has 1 aromatic carbocycles. The molecule has 28 heavy (non-hydrogen) atoms. The molecule has 1 aliphatic heterocycles. The van der Waals surface area contributed by atoms with Gasteiger partial charge in [-0.15, -0.1) is 0 Å². The number of carbonyl (C=O) groups is 1. The van der Waals surface area contributed by atoms with Crippen LogP contribution >= 0.6 is 0 Å². The van der Waals surface area contributed by atoms with Gasteiger partial charge in [-0.1, -0.05) is 12.1 Å². The normalized spacial score (nSPS) is 23.8. The summed E-state index contributed by atoms with van der Waals surface area (Å²) in [4.78, 5) is 22.9. The maximum absolute atomic E-state index is 12.9. The van der Waals surface area contributed by atoms with Crippen LogP contribution in [0.5, 0.6) is 0 Å². The Bertz CT molecular complexity index is 852. The fraction of sp³-hybridized carbons (Fsp3) is 0.476. The number of anilines is 2. The number of halogens is 1. The Morgan fingerprint density at radius 3 is 2.75 bits per heavy atom. The lowest BCUT2D eigenvalue weighted by Gasteiger charge is -2.35. The Hall–Kier alpha value is -2.54. The van der Waals surface area contributed by atoms with Gasteiger partial charge in [-0.05, 0) is 49.3 Å². The maximum Gasteiger partial charge on any atom is 0.246 e. The first-order chi connectivity index (χ1) is 13.5. The van der Waals surface area contributed by atoms with Crippen molar-refractivity contribution in [3.8, 4) is 0 Å². The second-order valence-electron chi connectivity index (χ2n) is 7.85. The highest BCUT2D eigenvalue weighted by Crippen LogP contribution is 2.36. The SMILES string of the molecule is C[C@H]1C(=O)Nc2cnc(CC3CC(COCc4ccc(F)cc4)C3)nc2N1C. The van der Waals surface area contributed by atoms with E-state index in [9.17, 15) is 9.18 Å². The van der Waals surface area contributed by atoms with Gasteiger partial charge in [0, 0.05) is 20.1 Å². The van der Waals surface area contributed by atoms with Gasteiger partial charge >= 0.3 is 0 Å². The minimum Gasteiger partial charge on any atom is -0.376 e. The van der Waals surface area contributed by atoms with E-state index in [2.05, 4.69) is 15.3 Å².